The molecule has 3 heteroatoms. The lowest BCUT2D eigenvalue weighted by Crippen LogP contribution is -3.00. The molecule has 24 heavy (non-hydrogen) atoms. The molecule has 0 bridgehead atoms. The number of H-pyrrole nitrogens is 1. The molecular formula is C21H41IN2. The number of imidazole rings is 1. The summed E-state index contributed by atoms with van der Waals surface area (Å²) in [7, 11) is 2.16. The lowest BCUT2D eigenvalue weighted by atomic mass is 10.0. The van der Waals surface area contributed by atoms with E-state index < -0.39 is 0 Å². The SMILES string of the molecule is CCCCCCCCCCCCCCCCc1c[nH]c(C)[n+]1C.[I-]. The molecule has 1 N–H and O–H groups in total. The van der Waals surface area contributed by atoms with Crippen molar-refractivity contribution in [2.24, 2.45) is 7.05 Å². The minimum Gasteiger partial charge on any atom is -1.00 e. The van der Waals surface area contributed by atoms with Gasteiger partial charge < -0.3 is 24.0 Å². The lowest BCUT2D eigenvalue weighted by Gasteiger charge is -2.03. The molecule has 0 saturated carbocycles. The number of nitrogens with zero attached hydrogens (tertiary/aromatic N) is 1. The zero-order valence-electron chi connectivity index (χ0n) is 16.5. The standard InChI is InChI=1S/C21H40N2.HI/c1-4-5-6-7-8-9-10-11-12-13-14-15-16-17-18-21-19-22-20(2)23(21)3;/h19H,4-18H2,1-3H3;1H. The average molecular weight is 448 g/mol. The Morgan fingerprint density at radius 2 is 1.17 bits per heavy atom. The van der Waals surface area contributed by atoms with Crippen LogP contribution in [-0.4, -0.2) is 4.98 Å². The van der Waals surface area contributed by atoms with E-state index in [1.807, 2.05) is 0 Å². The number of aryl methyl sites for hydroxylation is 2. The van der Waals surface area contributed by atoms with Gasteiger partial charge in [-0.25, -0.2) is 9.55 Å². The van der Waals surface area contributed by atoms with Crippen LogP contribution in [0.1, 0.15) is 108 Å². The van der Waals surface area contributed by atoms with Crippen LogP contribution in [0.3, 0.4) is 0 Å². The molecule has 0 amide bonds. The predicted octanol–water partition coefficient (Wildman–Crippen LogP) is 3.18. The number of unbranched alkanes of at least 4 members (excludes halogenated alkanes) is 13. The molecule has 142 valence electrons. The van der Waals surface area contributed by atoms with Gasteiger partial charge in [0.05, 0.1) is 7.05 Å². The largest absolute Gasteiger partial charge is 1.00 e. The molecule has 1 aromatic heterocycles. The first-order chi connectivity index (χ1) is 11.3. The van der Waals surface area contributed by atoms with Crippen LogP contribution >= 0.6 is 0 Å². The molecule has 0 spiro atoms. The molecule has 0 atom stereocenters. The Labute approximate surface area is 168 Å². The number of rotatable bonds is 15. The van der Waals surface area contributed by atoms with Crippen LogP contribution < -0.4 is 28.5 Å². The fourth-order valence-electron chi connectivity index (χ4n) is 3.34. The van der Waals surface area contributed by atoms with E-state index in [2.05, 4.69) is 36.6 Å². The van der Waals surface area contributed by atoms with Gasteiger partial charge in [-0.1, -0.05) is 90.4 Å². The van der Waals surface area contributed by atoms with Crippen LogP contribution in [0.25, 0.3) is 0 Å². The Bertz CT molecular complexity index is 387. The van der Waals surface area contributed by atoms with Crippen molar-refractivity contribution >= 4 is 0 Å². The zero-order valence-corrected chi connectivity index (χ0v) is 18.7. The molecule has 0 radical (unpaired) electrons. The second-order valence-corrected chi connectivity index (χ2v) is 7.27. The Morgan fingerprint density at radius 3 is 1.54 bits per heavy atom. The van der Waals surface area contributed by atoms with Crippen LogP contribution in [0.4, 0.5) is 0 Å². The summed E-state index contributed by atoms with van der Waals surface area (Å²) >= 11 is 0. The molecule has 0 fully saturated rings. The fraction of sp³-hybridized carbons (Fsp3) is 0.857. The van der Waals surface area contributed by atoms with Crippen LogP contribution in [-0.2, 0) is 13.5 Å². The van der Waals surface area contributed by atoms with E-state index >= 15 is 0 Å². The third kappa shape index (κ3) is 11.5. The summed E-state index contributed by atoms with van der Waals surface area (Å²) in [6.45, 7) is 4.43. The van der Waals surface area contributed by atoms with E-state index in [-0.39, 0.29) is 24.0 Å². The lowest BCUT2D eigenvalue weighted by molar-refractivity contribution is -0.683. The molecule has 0 aliphatic rings. The summed E-state index contributed by atoms with van der Waals surface area (Å²) in [5, 5.41) is 0. The maximum atomic E-state index is 3.30. The molecule has 1 heterocycles. The van der Waals surface area contributed by atoms with Crippen LogP contribution in [0, 0.1) is 6.92 Å². The number of nitrogens with one attached hydrogen (secondary N) is 1. The van der Waals surface area contributed by atoms with Gasteiger partial charge in [0.25, 0.3) is 5.82 Å². The van der Waals surface area contributed by atoms with Crippen molar-refractivity contribution in [2.75, 3.05) is 0 Å². The van der Waals surface area contributed by atoms with Gasteiger partial charge >= 0.3 is 0 Å². The monoisotopic (exact) mass is 448 g/mol. The van der Waals surface area contributed by atoms with Gasteiger partial charge in [-0.05, 0) is 6.42 Å². The summed E-state index contributed by atoms with van der Waals surface area (Å²) < 4.78 is 2.28. The third-order valence-corrected chi connectivity index (χ3v) is 5.17. The summed E-state index contributed by atoms with van der Waals surface area (Å²) in [5.74, 6) is 1.25. The molecule has 2 nitrogen and oxygen atoms in total. The van der Waals surface area contributed by atoms with Crippen molar-refractivity contribution in [3.8, 4) is 0 Å². The second-order valence-electron chi connectivity index (χ2n) is 7.27. The highest BCUT2D eigenvalue weighted by atomic mass is 127. The highest BCUT2D eigenvalue weighted by Crippen LogP contribution is 2.13. The van der Waals surface area contributed by atoms with Gasteiger partial charge in [-0.15, -0.1) is 0 Å². The van der Waals surface area contributed by atoms with Crippen molar-refractivity contribution < 1.29 is 28.5 Å². The van der Waals surface area contributed by atoms with Crippen molar-refractivity contribution in [1.29, 1.82) is 0 Å². The summed E-state index contributed by atoms with van der Waals surface area (Å²) in [6.07, 6.45) is 23.5. The minimum absolute atomic E-state index is 0. The maximum absolute atomic E-state index is 3.30. The first-order valence-electron chi connectivity index (χ1n) is 10.3. The Balaban J connectivity index is 0.00000529. The molecule has 0 aliphatic carbocycles. The van der Waals surface area contributed by atoms with Gasteiger partial charge in [-0.2, -0.15) is 0 Å². The van der Waals surface area contributed by atoms with Gasteiger partial charge in [0.15, 0.2) is 0 Å². The first kappa shape index (κ1) is 23.9. The summed E-state index contributed by atoms with van der Waals surface area (Å²) in [5.41, 5.74) is 1.45. The maximum Gasteiger partial charge on any atom is 0.251 e. The van der Waals surface area contributed by atoms with Crippen molar-refractivity contribution in [3.63, 3.8) is 0 Å². The number of hydrogen-bond donors (Lipinski definition) is 1. The van der Waals surface area contributed by atoms with E-state index in [4.69, 9.17) is 0 Å². The molecular weight excluding hydrogens is 407 g/mol. The summed E-state index contributed by atoms with van der Waals surface area (Å²) in [6, 6.07) is 0. The average Bonchev–Trinajstić information content (AvgIpc) is 2.87. The smallest absolute Gasteiger partial charge is 0.251 e. The van der Waals surface area contributed by atoms with Crippen molar-refractivity contribution in [2.45, 2.75) is 110 Å². The molecule has 0 unspecified atom stereocenters. The van der Waals surface area contributed by atoms with Gasteiger partial charge in [-0.3, -0.25) is 0 Å². The highest BCUT2D eigenvalue weighted by Gasteiger charge is 2.08. The van der Waals surface area contributed by atoms with E-state index in [1.165, 1.54) is 108 Å². The van der Waals surface area contributed by atoms with Gasteiger partial charge in [0.1, 0.15) is 11.9 Å². The van der Waals surface area contributed by atoms with E-state index in [0.717, 1.165) is 0 Å². The van der Waals surface area contributed by atoms with Gasteiger partial charge in [0.2, 0.25) is 0 Å². The molecule has 0 aliphatic heterocycles. The molecule has 1 rings (SSSR count). The Morgan fingerprint density at radius 1 is 0.750 bits per heavy atom. The number of aromatic amines is 1. The van der Waals surface area contributed by atoms with Crippen molar-refractivity contribution in [1.82, 2.24) is 4.98 Å². The first-order valence-corrected chi connectivity index (χ1v) is 10.3. The highest BCUT2D eigenvalue weighted by molar-refractivity contribution is 4.89. The zero-order chi connectivity index (χ0) is 16.8. The Kier molecular flexibility index (Phi) is 16.4. The van der Waals surface area contributed by atoms with E-state index in [1.54, 1.807) is 0 Å². The fourth-order valence-corrected chi connectivity index (χ4v) is 3.34. The normalized spacial score (nSPS) is 10.8. The van der Waals surface area contributed by atoms with Crippen LogP contribution in [0.15, 0.2) is 6.20 Å². The molecule has 1 aromatic rings. The number of halogens is 1. The Hall–Kier alpha value is -0.0600. The molecule has 0 aromatic carbocycles. The quantitative estimate of drug-likeness (QED) is 0.242. The van der Waals surface area contributed by atoms with Crippen LogP contribution in [0.2, 0.25) is 0 Å². The van der Waals surface area contributed by atoms with E-state index in [9.17, 15) is 0 Å². The minimum atomic E-state index is 0. The number of hydrogen-bond acceptors (Lipinski definition) is 0. The number of aromatic nitrogens is 2. The van der Waals surface area contributed by atoms with Crippen LogP contribution in [0.5, 0.6) is 0 Å². The van der Waals surface area contributed by atoms with Crippen molar-refractivity contribution in [3.05, 3.63) is 17.7 Å². The van der Waals surface area contributed by atoms with Gasteiger partial charge in [0, 0.05) is 13.3 Å². The molecule has 0 saturated heterocycles. The third-order valence-electron chi connectivity index (χ3n) is 5.17. The second kappa shape index (κ2) is 16.4. The predicted molar refractivity (Wildman–Crippen MR) is 101 cm³/mol. The van der Waals surface area contributed by atoms with E-state index in [0.29, 0.717) is 0 Å². The summed E-state index contributed by atoms with van der Waals surface area (Å²) in [4.78, 5) is 3.30. The topological polar surface area (TPSA) is 19.7 Å².